The van der Waals surface area contributed by atoms with Gasteiger partial charge in [0.15, 0.2) is 0 Å². The third-order valence-corrected chi connectivity index (χ3v) is 2.95. The van der Waals surface area contributed by atoms with E-state index >= 15 is 0 Å². The van der Waals surface area contributed by atoms with E-state index in [0.717, 1.165) is 28.7 Å². The van der Waals surface area contributed by atoms with Gasteiger partial charge in [-0.2, -0.15) is 8.78 Å². The second-order valence-corrected chi connectivity index (χ2v) is 5.07. The highest BCUT2D eigenvalue weighted by atomic mass is 19.3. The lowest BCUT2D eigenvalue weighted by Crippen LogP contribution is -2.03. The molecule has 0 radical (unpaired) electrons. The van der Waals surface area contributed by atoms with Gasteiger partial charge in [-0.25, -0.2) is 0 Å². The van der Waals surface area contributed by atoms with Crippen molar-refractivity contribution in [3.63, 3.8) is 0 Å². The van der Waals surface area contributed by atoms with Crippen molar-refractivity contribution in [3.05, 3.63) is 30.0 Å². The molecule has 0 unspecified atom stereocenters. The van der Waals surface area contributed by atoms with Crippen LogP contribution in [-0.4, -0.2) is 18.6 Å². The highest BCUT2D eigenvalue weighted by Gasteiger charge is 2.10. The van der Waals surface area contributed by atoms with Crippen molar-refractivity contribution >= 4 is 16.6 Å². The number of nitrogens with one attached hydrogen (secondary N) is 1. The van der Waals surface area contributed by atoms with Crippen LogP contribution in [0.1, 0.15) is 19.5 Å². The molecule has 0 aliphatic carbocycles. The summed E-state index contributed by atoms with van der Waals surface area (Å²) in [4.78, 5) is 4.56. The average molecular weight is 280 g/mol. The van der Waals surface area contributed by atoms with E-state index in [4.69, 9.17) is 0 Å². The Bertz CT molecular complexity index is 600. The summed E-state index contributed by atoms with van der Waals surface area (Å²) in [5.74, 6) is 0.647. The largest absolute Gasteiger partial charge is 0.435 e. The number of nitrogens with zero attached hydrogens (tertiary/aromatic N) is 1. The molecule has 3 nitrogen and oxygen atoms in total. The number of ether oxygens (including phenoxy) is 1. The van der Waals surface area contributed by atoms with E-state index in [0.29, 0.717) is 5.92 Å². The Morgan fingerprint density at radius 1 is 1.25 bits per heavy atom. The second kappa shape index (κ2) is 6.03. The Kier molecular flexibility index (Phi) is 4.37. The summed E-state index contributed by atoms with van der Waals surface area (Å²) >= 11 is 0. The zero-order valence-electron chi connectivity index (χ0n) is 11.8. The lowest BCUT2D eigenvalue weighted by atomic mass is 10.1. The van der Waals surface area contributed by atoms with Crippen molar-refractivity contribution in [2.75, 3.05) is 12.4 Å². The Labute approximate surface area is 117 Å². The third kappa shape index (κ3) is 3.35. The van der Waals surface area contributed by atoms with E-state index in [-0.39, 0.29) is 5.75 Å². The number of aromatic nitrogens is 1. The molecule has 5 heteroatoms. The van der Waals surface area contributed by atoms with E-state index in [1.807, 2.05) is 6.07 Å². The first-order chi connectivity index (χ1) is 9.49. The highest BCUT2D eigenvalue weighted by Crippen LogP contribution is 2.28. The predicted molar refractivity (Wildman–Crippen MR) is 76.5 cm³/mol. The van der Waals surface area contributed by atoms with Gasteiger partial charge in [-0.1, -0.05) is 13.8 Å². The van der Waals surface area contributed by atoms with Crippen LogP contribution < -0.4 is 10.1 Å². The summed E-state index contributed by atoms with van der Waals surface area (Å²) in [5, 5.41) is 3.86. The quantitative estimate of drug-likeness (QED) is 0.896. The summed E-state index contributed by atoms with van der Waals surface area (Å²) in [5.41, 5.74) is 2.62. The van der Waals surface area contributed by atoms with Crippen LogP contribution in [0.2, 0.25) is 0 Å². The number of hydrogen-bond acceptors (Lipinski definition) is 3. The van der Waals surface area contributed by atoms with Gasteiger partial charge in [0, 0.05) is 23.8 Å². The molecule has 20 heavy (non-hydrogen) atoms. The number of rotatable bonds is 5. The molecule has 0 aliphatic heterocycles. The second-order valence-electron chi connectivity index (χ2n) is 5.07. The highest BCUT2D eigenvalue weighted by molar-refractivity contribution is 5.92. The van der Waals surface area contributed by atoms with Crippen molar-refractivity contribution in [2.24, 2.45) is 5.92 Å². The van der Waals surface area contributed by atoms with E-state index in [1.165, 1.54) is 6.07 Å². The number of halogens is 2. The number of hydrogen-bond donors (Lipinski definition) is 1. The third-order valence-electron chi connectivity index (χ3n) is 2.95. The normalized spacial score (nSPS) is 11.3. The molecule has 0 saturated carbocycles. The van der Waals surface area contributed by atoms with Gasteiger partial charge < -0.3 is 10.1 Å². The maximum absolute atomic E-state index is 12.3. The lowest BCUT2D eigenvalue weighted by molar-refractivity contribution is -0.0497. The van der Waals surface area contributed by atoms with Crippen molar-refractivity contribution < 1.29 is 13.5 Å². The summed E-state index contributed by atoms with van der Waals surface area (Å²) in [7, 11) is 1.80. The van der Waals surface area contributed by atoms with Crippen LogP contribution in [0.5, 0.6) is 5.75 Å². The molecule has 1 aromatic carbocycles. The molecule has 0 atom stereocenters. The van der Waals surface area contributed by atoms with Crippen molar-refractivity contribution in [1.82, 2.24) is 4.98 Å². The van der Waals surface area contributed by atoms with Gasteiger partial charge in [0.2, 0.25) is 0 Å². The van der Waals surface area contributed by atoms with Gasteiger partial charge in [0.1, 0.15) is 5.75 Å². The summed E-state index contributed by atoms with van der Waals surface area (Å²) in [6.07, 6.45) is 0.875. The van der Waals surface area contributed by atoms with Gasteiger partial charge in [0.25, 0.3) is 0 Å². The maximum atomic E-state index is 12.3. The summed E-state index contributed by atoms with van der Waals surface area (Å²) in [6, 6.07) is 6.76. The first-order valence-electron chi connectivity index (χ1n) is 6.56. The number of alkyl halides is 2. The minimum absolute atomic E-state index is 0.141. The van der Waals surface area contributed by atoms with Gasteiger partial charge in [0.05, 0.1) is 5.52 Å². The molecular formula is C15H18F2N2O. The Morgan fingerprint density at radius 3 is 2.60 bits per heavy atom. The number of anilines is 1. The van der Waals surface area contributed by atoms with Crippen molar-refractivity contribution in [2.45, 2.75) is 26.9 Å². The first-order valence-corrected chi connectivity index (χ1v) is 6.56. The van der Waals surface area contributed by atoms with Crippen LogP contribution in [-0.2, 0) is 6.42 Å². The van der Waals surface area contributed by atoms with Gasteiger partial charge in [-0.15, -0.1) is 0 Å². The molecule has 108 valence electrons. The maximum Gasteiger partial charge on any atom is 0.387 e. The standard InChI is InChI=1S/C15H18F2N2O/c1-9(2)6-10-7-14(18-3)12-8-11(20-15(16)17)4-5-13(12)19-10/h4-5,7-9,15H,6H2,1-3H3,(H,18,19). The van der Waals surface area contributed by atoms with Gasteiger partial charge in [-0.3, -0.25) is 4.98 Å². The Morgan fingerprint density at radius 2 is 2.00 bits per heavy atom. The van der Waals surface area contributed by atoms with Crippen LogP contribution >= 0.6 is 0 Å². The molecule has 1 N–H and O–H groups in total. The fourth-order valence-electron chi connectivity index (χ4n) is 2.17. The molecule has 1 aromatic heterocycles. The zero-order chi connectivity index (χ0) is 14.7. The van der Waals surface area contributed by atoms with Crippen LogP contribution in [0.15, 0.2) is 24.3 Å². The summed E-state index contributed by atoms with van der Waals surface area (Å²) < 4.78 is 28.9. The first kappa shape index (κ1) is 14.5. The van der Waals surface area contributed by atoms with Crippen LogP contribution in [0.3, 0.4) is 0 Å². The summed E-state index contributed by atoms with van der Waals surface area (Å²) in [6.45, 7) is 1.44. The van der Waals surface area contributed by atoms with Gasteiger partial charge >= 0.3 is 6.61 Å². The molecule has 0 aliphatic rings. The predicted octanol–water partition coefficient (Wildman–Crippen LogP) is 4.08. The molecule has 0 amide bonds. The molecule has 2 rings (SSSR count). The topological polar surface area (TPSA) is 34.2 Å². The molecule has 0 saturated heterocycles. The fraction of sp³-hybridized carbons (Fsp3) is 0.400. The smallest absolute Gasteiger partial charge is 0.387 e. The van der Waals surface area contributed by atoms with E-state index in [2.05, 4.69) is 28.9 Å². The van der Waals surface area contributed by atoms with Crippen molar-refractivity contribution in [3.8, 4) is 5.75 Å². The minimum atomic E-state index is -2.82. The SMILES string of the molecule is CNc1cc(CC(C)C)nc2ccc(OC(F)F)cc12. The molecule has 2 aromatic rings. The minimum Gasteiger partial charge on any atom is -0.435 e. The Hall–Kier alpha value is -1.91. The zero-order valence-corrected chi connectivity index (χ0v) is 11.8. The average Bonchev–Trinajstić information content (AvgIpc) is 2.36. The molecule has 0 bridgehead atoms. The van der Waals surface area contributed by atoms with Crippen LogP contribution in [0.25, 0.3) is 10.9 Å². The molecular weight excluding hydrogens is 262 g/mol. The molecule has 0 fully saturated rings. The number of fused-ring (bicyclic) bond motifs is 1. The monoisotopic (exact) mass is 280 g/mol. The van der Waals surface area contributed by atoms with Crippen LogP contribution in [0, 0.1) is 5.92 Å². The van der Waals surface area contributed by atoms with E-state index < -0.39 is 6.61 Å². The number of benzene rings is 1. The number of pyridine rings is 1. The van der Waals surface area contributed by atoms with Crippen LogP contribution in [0.4, 0.5) is 14.5 Å². The molecule has 0 spiro atoms. The van der Waals surface area contributed by atoms with Crippen molar-refractivity contribution in [1.29, 1.82) is 0 Å². The Balaban J connectivity index is 2.47. The van der Waals surface area contributed by atoms with Gasteiger partial charge in [-0.05, 0) is 36.6 Å². The lowest BCUT2D eigenvalue weighted by Gasteiger charge is -2.12. The fourth-order valence-corrected chi connectivity index (χ4v) is 2.17. The van der Waals surface area contributed by atoms with E-state index in [1.54, 1.807) is 19.2 Å². The van der Waals surface area contributed by atoms with E-state index in [9.17, 15) is 8.78 Å². The molecule has 1 heterocycles.